The van der Waals surface area contributed by atoms with Gasteiger partial charge in [0.15, 0.2) is 11.5 Å². The van der Waals surface area contributed by atoms with Crippen LogP contribution >= 0.6 is 11.6 Å². The highest BCUT2D eigenvalue weighted by Crippen LogP contribution is 2.16. The van der Waals surface area contributed by atoms with Crippen molar-refractivity contribution < 1.29 is 0 Å². The monoisotopic (exact) mass is 264 g/mol. The van der Waals surface area contributed by atoms with E-state index < -0.39 is 0 Å². The third-order valence-corrected chi connectivity index (χ3v) is 3.72. The van der Waals surface area contributed by atoms with Crippen molar-refractivity contribution in [2.45, 2.75) is 32.2 Å². The molecule has 0 amide bonds. The molecule has 1 saturated heterocycles. The van der Waals surface area contributed by atoms with Crippen LogP contribution in [0.2, 0.25) is 5.02 Å². The van der Waals surface area contributed by atoms with Crippen LogP contribution < -0.4 is 0 Å². The molecule has 2 aromatic heterocycles. The van der Waals surface area contributed by atoms with Crippen LogP contribution in [-0.4, -0.2) is 32.6 Å². The number of pyridine rings is 1. The van der Waals surface area contributed by atoms with Gasteiger partial charge in [0.05, 0.1) is 11.6 Å². The zero-order chi connectivity index (χ0) is 12.4. The molecular formula is C13H17ClN4. The van der Waals surface area contributed by atoms with Crippen molar-refractivity contribution in [3.05, 3.63) is 29.2 Å². The summed E-state index contributed by atoms with van der Waals surface area (Å²) in [5, 5.41) is 5.14. The number of fused-ring (bicyclic) bond motifs is 1. The minimum atomic E-state index is 0.659. The van der Waals surface area contributed by atoms with Gasteiger partial charge in [-0.3, -0.25) is 4.90 Å². The van der Waals surface area contributed by atoms with Crippen molar-refractivity contribution in [1.82, 2.24) is 19.5 Å². The lowest BCUT2D eigenvalue weighted by atomic mass is 10.2. The van der Waals surface area contributed by atoms with Gasteiger partial charge in [-0.1, -0.05) is 24.4 Å². The van der Waals surface area contributed by atoms with Crippen molar-refractivity contribution in [2.24, 2.45) is 0 Å². The fraction of sp³-hybridized carbons (Fsp3) is 0.538. The first-order valence-electron chi connectivity index (χ1n) is 6.55. The molecule has 0 aromatic carbocycles. The number of hydrogen-bond donors (Lipinski definition) is 0. The van der Waals surface area contributed by atoms with Gasteiger partial charge in [-0.2, -0.15) is 0 Å². The van der Waals surface area contributed by atoms with Gasteiger partial charge < -0.3 is 0 Å². The van der Waals surface area contributed by atoms with E-state index in [-0.39, 0.29) is 0 Å². The van der Waals surface area contributed by atoms with Crippen molar-refractivity contribution in [1.29, 1.82) is 0 Å². The summed E-state index contributed by atoms with van der Waals surface area (Å²) in [7, 11) is 0. The average molecular weight is 265 g/mol. The number of halogens is 1. The Balaban J connectivity index is 1.79. The molecule has 0 aliphatic carbocycles. The summed E-state index contributed by atoms with van der Waals surface area (Å²) in [6, 6.07) is 3.74. The third-order valence-electron chi connectivity index (χ3n) is 3.42. The van der Waals surface area contributed by atoms with Crippen LogP contribution in [0, 0.1) is 0 Å². The van der Waals surface area contributed by atoms with Crippen LogP contribution in [0.4, 0.5) is 0 Å². The SMILES string of the molecule is Clc1cccn2nc(CN3CCCCCC3)nc12. The zero-order valence-corrected chi connectivity index (χ0v) is 11.1. The third kappa shape index (κ3) is 2.49. The quantitative estimate of drug-likeness (QED) is 0.836. The first-order chi connectivity index (χ1) is 8.83. The number of hydrogen-bond acceptors (Lipinski definition) is 3. The summed E-state index contributed by atoms with van der Waals surface area (Å²) in [5.41, 5.74) is 0.754. The van der Waals surface area contributed by atoms with Gasteiger partial charge in [0.2, 0.25) is 0 Å². The maximum atomic E-state index is 6.10. The molecule has 0 N–H and O–H groups in total. The number of rotatable bonds is 2. The molecule has 0 atom stereocenters. The summed E-state index contributed by atoms with van der Waals surface area (Å²) >= 11 is 6.10. The highest BCUT2D eigenvalue weighted by molar-refractivity contribution is 6.33. The molecule has 0 bridgehead atoms. The molecule has 4 nitrogen and oxygen atoms in total. The second kappa shape index (κ2) is 5.24. The minimum Gasteiger partial charge on any atom is -0.296 e. The predicted octanol–water partition coefficient (Wildman–Crippen LogP) is 2.76. The van der Waals surface area contributed by atoms with Crippen LogP contribution in [0.25, 0.3) is 5.65 Å². The van der Waals surface area contributed by atoms with Gasteiger partial charge in [0.1, 0.15) is 0 Å². The Labute approximate surface area is 112 Å². The minimum absolute atomic E-state index is 0.659. The largest absolute Gasteiger partial charge is 0.296 e. The molecule has 0 saturated carbocycles. The van der Waals surface area contributed by atoms with Gasteiger partial charge in [-0.05, 0) is 38.1 Å². The predicted molar refractivity (Wildman–Crippen MR) is 71.7 cm³/mol. The van der Waals surface area contributed by atoms with Gasteiger partial charge in [0.25, 0.3) is 0 Å². The first-order valence-corrected chi connectivity index (χ1v) is 6.93. The maximum Gasteiger partial charge on any atom is 0.174 e. The second-order valence-corrected chi connectivity index (χ2v) is 5.25. The lowest BCUT2D eigenvalue weighted by molar-refractivity contribution is 0.270. The Morgan fingerprint density at radius 3 is 2.67 bits per heavy atom. The van der Waals surface area contributed by atoms with E-state index in [4.69, 9.17) is 11.6 Å². The first kappa shape index (κ1) is 11.9. The van der Waals surface area contributed by atoms with E-state index in [9.17, 15) is 0 Å². The zero-order valence-electron chi connectivity index (χ0n) is 10.3. The lowest BCUT2D eigenvalue weighted by Gasteiger charge is -2.17. The van der Waals surface area contributed by atoms with Crippen LogP contribution in [0.1, 0.15) is 31.5 Å². The number of nitrogens with zero attached hydrogens (tertiary/aromatic N) is 4. The molecule has 0 spiro atoms. The molecule has 0 radical (unpaired) electrons. The topological polar surface area (TPSA) is 33.4 Å². The molecule has 3 heterocycles. The van der Waals surface area contributed by atoms with E-state index in [1.165, 1.54) is 25.7 Å². The molecule has 96 valence electrons. The number of aromatic nitrogens is 3. The van der Waals surface area contributed by atoms with Crippen LogP contribution in [0.3, 0.4) is 0 Å². The van der Waals surface area contributed by atoms with Crippen molar-refractivity contribution in [3.8, 4) is 0 Å². The Morgan fingerprint density at radius 1 is 1.17 bits per heavy atom. The highest BCUT2D eigenvalue weighted by atomic mass is 35.5. The van der Waals surface area contributed by atoms with Gasteiger partial charge >= 0.3 is 0 Å². The maximum absolute atomic E-state index is 6.10. The van der Waals surface area contributed by atoms with Gasteiger partial charge in [0, 0.05) is 6.20 Å². The number of likely N-dealkylation sites (tertiary alicyclic amines) is 1. The Bertz CT molecular complexity index is 529. The normalized spacial score (nSPS) is 18.1. The molecule has 2 aromatic rings. The van der Waals surface area contributed by atoms with E-state index in [2.05, 4.69) is 15.0 Å². The molecule has 0 unspecified atom stereocenters. The average Bonchev–Trinajstić information content (AvgIpc) is 2.60. The highest BCUT2D eigenvalue weighted by Gasteiger charge is 2.13. The molecule has 3 rings (SSSR count). The van der Waals surface area contributed by atoms with E-state index in [1.54, 1.807) is 4.52 Å². The summed E-state index contributed by atoms with van der Waals surface area (Å²) in [6.07, 6.45) is 7.16. The van der Waals surface area contributed by atoms with Gasteiger partial charge in [-0.25, -0.2) is 9.50 Å². The molecular weight excluding hydrogens is 248 g/mol. The van der Waals surface area contributed by atoms with E-state index in [0.717, 1.165) is 31.1 Å². The molecule has 18 heavy (non-hydrogen) atoms. The van der Waals surface area contributed by atoms with E-state index in [1.807, 2.05) is 18.3 Å². The Hall–Kier alpha value is -1.13. The molecule has 1 aliphatic rings. The standard InChI is InChI=1S/C13H17ClN4/c14-11-6-5-9-18-13(11)15-12(16-18)10-17-7-3-1-2-4-8-17/h5-6,9H,1-4,7-8,10H2. The van der Waals surface area contributed by atoms with Crippen molar-refractivity contribution in [2.75, 3.05) is 13.1 Å². The summed E-state index contributed by atoms with van der Waals surface area (Å²) < 4.78 is 1.76. The molecule has 5 heteroatoms. The van der Waals surface area contributed by atoms with Gasteiger partial charge in [-0.15, -0.1) is 5.10 Å². The summed E-state index contributed by atoms with van der Waals surface area (Å²) in [4.78, 5) is 6.96. The fourth-order valence-electron chi connectivity index (χ4n) is 2.48. The van der Waals surface area contributed by atoms with E-state index in [0.29, 0.717) is 5.02 Å². The van der Waals surface area contributed by atoms with Crippen LogP contribution in [0.15, 0.2) is 18.3 Å². The van der Waals surface area contributed by atoms with Crippen molar-refractivity contribution >= 4 is 17.2 Å². The Kier molecular flexibility index (Phi) is 3.48. The van der Waals surface area contributed by atoms with E-state index >= 15 is 0 Å². The lowest BCUT2D eigenvalue weighted by Crippen LogP contribution is -2.24. The summed E-state index contributed by atoms with van der Waals surface area (Å²) in [5.74, 6) is 0.866. The smallest absolute Gasteiger partial charge is 0.174 e. The fourth-order valence-corrected chi connectivity index (χ4v) is 2.68. The molecule has 1 fully saturated rings. The van der Waals surface area contributed by atoms with Crippen molar-refractivity contribution in [3.63, 3.8) is 0 Å². The van der Waals surface area contributed by atoms with Crippen LogP contribution in [-0.2, 0) is 6.54 Å². The molecule has 1 aliphatic heterocycles. The Morgan fingerprint density at radius 2 is 1.94 bits per heavy atom. The second-order valence-electron chi connectivity index (χ2n) is 4.84. The van der Waals surface area contributed by atoms with Crippen LogP contribution in [0.5, 0.6) is 0 Å². The summed E-state index contributed by atoms with van der Waals surface area (Å²) in [6.45, 7) is 3.14.